The van der Waals surface area contributed by atoms with Gasteiger partial charge in [-0.2, -0.15) is 0 Å². The molecule has 1 aromatic carbocycles. The molecule has 44 heavy (non-hydrogen) atoms. The summed E-state index contributed by atoms with van der Waals surface area (Å²) < 4.78 is 0. The molecule has 5 nitrogen and oxygen atoms in total. The van der Waals surface area contributed by atoms with Crippen molar-refractivity contribution < 1.29 is 25.2 Å². The van der Waals surface area contributed by atoms with Crippen LogP contribution in [0.15, 0.2) is 35.9 Å². The maximum atomic E-state index is 12.8. The van der Waals surface area contributed by atoms with Crippen LogP contribution in [0.1, 0.15) is 111 Å². The summed E-state index contributed by atoms with van der Waals surface area (Å²) in [6.45, 7) is 19.4. The van der Waals surface area contributed by atoms with Crippen LogP contribution in [-0.4, -0.2) is 33.0 Å². The summed E-state index contributed by atoms with van der Waals surface area (Å²) in [6, 6.07) is 4.53. The Morgan fingerprint density at radius 1 is 0.886 bits per heavy atom. The van der Waals surface area contributed by atoms with Crippen LogP contribution in [0.25, 0.3) is 6.08 Å². The number of carboxylic acid groups (broad SMARTS) is 1. The molecule has 5 fully saturated rings. The van der Waals surface area contributed by atoms with Gasteiger partial charge >= 0.3 is 5.97 Å². The number of aliphatic hydroxyl groups excluding tert-OH is 1. The minimum Gasteiger partial charge on any atom is -0.504 e. The number of aromatic hydroxyl groups is 2. The van der Waals surface area contributed by atoms with Gasteiger partial charge in [-0.15, -0.1) is 0 Å². The fraction of sp³-hybridized carbons (Fsp3) is 0.718. The molecule has 0 heterocycles. The molecule has 5 heteroatoms. The third kappa shape index (κ3) is 4.23. The Morgan fingerprint density at radius 2 is 1.61 bits per heavy atom. The topological polar surface area (TPSA) is 98.0 Å². The summed E-state index contributed by atoms with van der Waals surface area (Å²) in [4.78, 5) is 12.8. The van der Waals surface area contributed by atoms with E-state index in [1.54, 1.807) is 12.1 Å². The van der Waals surface area contributed by atoms with Crippen molar-refractivity contribution in [3.05, 3.63) is 41.5 Å². The number of phenolic OH excluding ortho intramolecular Hbond substituents is 2. The van der Waals surface area contributed by atoms with Crippen LogP contribution in [0, 0.1) is 62.6 Å². The summed E-state index contributed by atoms with van der Waals surface area (Å²) in [5.41, 5.74) is 2.74. The number of fused-ring (bicyclic) bond motifs is 7. The van der Waals surface area contributed by atoms with E-state index in [-0.39, 0.29) is 44.5 Å². The molecule has 0 bridgehead atoms. The number of aliphatic carboxylic acids is 1. The van der Waals surface area contributed by atoms with Crippen molar-refractivity contribution in [3.8, 4) is 11.5 Å². The van der Waals surface area contributed by atoms with Crippen molar-refractivity contribution in [2.45, 2.75) is 106 Å². The van der Waals surface area contributed by atoms with Crippen molar-refractivity contribution in [3.63, 3.8) is 0 Å². The number of benzene rings is 1. The fourth-order valence-electron chi connectivity index (χ4n) is 13.2. The Bertz CT molecular complexity index is 1380. The zero-order chi connectivity index (χ0) is 32.0. The van der Waals surface area contributed by atoms with E-state index >= 15 is 0 Å². The molecule has 5 aliphatic carbocycles. The summed E-state index contributed by atoms with van der Waals surface area (Å²) in [5.74, 6) is 1.23. The van der Waals surface area contributed by atoms with Crippen molar-refractivity contribution in [1.29, 1.82) is 0 Å². The van der Waals surface area contributed by atoms with E-state index < -0.39 is 5.97 Å². The molecule has 10 atom stereocenters. The average Bonchev–Trinajstić information content (AvgIpc) is 3.35. The van der Waals surface area contributed by atoms with Gasteiger partial charge in [0.1, 0.15) is 0 Å². The van der Waals surface area contributed by atoms with Gasteiger partial charge in [-0.25, -0.2) is 4.79 Å². The monoisotopic (exact) mass is 604 g/mol. The molecule has 0 spiro atoms. The zero-order valence-electron chi connectivity index (χ0n) is 28.0. The molecule has 0 aromatic heterocycles. The van der Waals surface area contributed by atoms with Crippen LogP contribution in [0.5, 0.6) is 11.5 Å². The lowest BCUT2D eigenvalue weighted by molar-refractivity contribution is -0.243. The van der Waals surface area contributed by atoms with Gasteiger partial charge in [0.2, 0.25) is 0 Å². The van der Waals surface area contributed by atoms with Gasteiger partial charge in [-0.05, 0) is 157 Å². The molecule has 0 amide bonds. The van der Waals surface area contributed by atoms with Crippen LogP contribution < -0.4 is 0 Å². The third-order valence-electron chi connectivity index (χ3n) is 15.5. The summed E-state index contributed by atoms with van der Waals surface area (Å²) in [7, 11) is 0. The van der Waals surface area contributed by atoms with Gasteiger partial charge in [-0.3, -0.25) is 0 Å². The fourth-order valence-corrected chi connectivity index (χ4v) is 13.2. The molecule has 1 unspecified atom stereocenters. The van der Waals surface area contributed by atoms with E-state index in [1.165, 1.54) is 49.8 Å². The van der Waals surface area contributed by atoms with E-state index in [0.717, 1.165) is 32.1 Å². The van der Waals surface area contributed by atoms with Crippen LogP contribution in [-0.2, 0) is 4.79 Å². The van der Waals surface area contributed by atoms with Gasteiger partial charge in [0, 0.05) is 12.2 Å². The van der Waals surface area contributed by atoms with Crippen LogP contribution >= 0.6 is 0 Å². The molecule has 5 saturated carbocycles. The molecule has 4 N–H and O–H groups in total. The number of aliphatic hydroxyl groups is 1. The first-order valence-electron chi connectivity index (χ1n) is 17.3. The van der Waals surface area contributed by atoms with E-state index in [4.69, 9.17) is 0 Å². The lowest BCUT2D eigenvalue weighted by Gasteiger charge is -2.73. The molecule has 1 aromatic rings. The van der Waals surface area contributed by atoms with Gasteiger partial charge < -0.3 is 20.4 Å². The van der Waals surface area contributed by atoms with E-state index in [1.807, 2.05) is 0 Å². The van der Waals surface area contributed by atoms with E-state index in [9.17, 15) is 25.2 Å². The second-order valence-electron chi connectivity index (χ2n) is 17.3. The summed E-state index contributed by atoms with van der Waals surface area (Å²) in [5, 5.41) is 41.1. The highest BCUT2D eigenvalue weighted by Gasteiger charge is 2.71. The Hall–Kier alpha value is -2.27. The number of hydrogen-bond donors (Lipinski definition) is 4. The number of hydrogen-bond acceptors (Lipinski definition) is 4. The molecule has 0 aliphatic heterocycles. The lowest BCUT2D eigenvalue weighted by atomic mass is 9.31. The first-order valence-corrected chi connectivity index (χ1v) is 17.3. The quantitative estimate of drug-likeness (QED) is 0.153. The largest absolute Gasteiger partial charge is 0.504 e. The number of phenols is 2. The Labute approximate surface area is 264 Å². The minimum absolute atomic E-state index is 0.0615. The maximum absolute atomic E-state index is 12.8. The first-order chi connectivity index (χ1) is 20.6. The van der Waals surface area contributed by atoms with Crippen molar-refractivity contribution in [2.24, 2.45) is 62.6 Å². The van der Waals surface area contributed by atoms with Crippen molar-refractivity contribution in [2.75, 3.05) is 6.61 Å². The number of rotatable bonds is 5. The number of allylic oxidation sites excluding steroid dienone is 1. The van der Waals surface area contributed by atoms with E-state index in [2.05, 4.69) is 48.1 Å². The Kier molecular flexibility index (Phi) is 7.47. The Morgan fingerprint density at radius 3 is 2.25 bits per heavy atom. The van der Waals surface area contributed by atoms with Gasteiger partial charge in [0.25, 0.3) is 0 Å². The second kappa shape index (κ2) is 10.4. The molecule has 0 saturated heterocycles. The second-order valence-corrected chi connectivity index (χ2v) is 17.3. The number of carboxylic acids is 1. The molecule has 0 radical (unpaired) electrons. The van der Waals surface area contributed by atoms with Crippen LogP contribution in [0.2, 0.25) is 0 Å². The van der Waals surface area contributed by atoms with Gasteiger partial charge in [0.15, 0.2) is 11.5 Å². The first kappa shape index (κ1) is 31.7. The third-order valence-corrected chi connectivity index (χ3v) is 15.5. The minimum atomic E-state index is -0.897. The SMILES string of the molecule is C=C(C)[C@@H]1CC[C@]2(CO)CC[C@]3(C)[C@H](CC[C@@H]4[C@@]5(C)CCC(C(=Cc6ccc(O)c(O)c6)C(=O)O)C(C)(C)[C@@H]5CC[C@]43C)[C@@H]12. The van der Waals surface area contributed by atoms with E-state index in [0.29, 0.717) is 47.3 Å². The van der Waals surface area contributed by atoms with Crippen molar-refractivity contribution in [1.82, 2.24) is 0 Å². The Balaban J connectivity index is 1.34. The van der Waals surface area contributed by atoms with Gasteiger partial charge in [0.05, 0.1) is 0 Å². The van der Waals surface area contributed by atoms with Crippen molar-refractivity contribution >= 4 is 12.0 Å². The number of carbonyl (C=O) groups is 1. The van der Waals surface area contributed by atoms with Crippen LogP contribution in [0.4, 0.5) is 0 Å². The highest BCUT2D eigenvalue weighted by Crippen LogP contribution is 2.78. The zero-order valence-corrected chi connectivity index (χ0v) is 28.0. The van der Waals surface area contributed by atoms with Crippen LogP contribution in [0.3, 0.4) is 0 Å². The highest BCUT2D eigenvalue weighted by molar-refractivity contribution is 5.93. The average molecular weight is 605 g/mol. The molecular formula is C39H56O5. The highest BCUT2D eigenvalue weighted by atomic mass is 16.4. The predicted octanol–water partition coefficient (Wildman–Crippen LogP) is 8.83. The molecular weight excluding hydrogens is 548 g/mol. The van der Waals surface area contributed by atoms with Gasteiger partial charge in [-0.1, -0.05) is 52.8 Å². The summed E-state index contributed by atoms with van der Waals surface area (Å²) >= 11 is 0. The molecule has 242 valence electrons. The normalized spacial score (nSPS) is 44.6. The predicted molar refractivity (Wildman–Crippen MR) is 175 cm³/mol. The summed E-state index contributed by atoms with van der Waals surface area (Å²) in [6.07, 6.45) is 12.9. The molecule has 5 aliphatic rings. The standard InChI is InChI=1S/C39H56O5/c1-23(2)25-12-17-39(22-40)19-18-37(6)28(33(25)39)9-11-32-36(5)15-13-27(35(3,4)31(36)14-16-38(32,37)7)26(34(43)44)20-24-8-10-29(41)30(42)21-24/h8,10,20-21,25,27-28,31-33,40-42H,1,9,11-19,22H2,2-7H3,(H,43,44)/t25-,27?,28+,31-,32+,33+,36-,37+,38+,39+/m0/s1. The smallest absolute Gasteiger partial charge is 0.331 e. The lowest BCUT2D eigenvalue weighted by Crippen LogP contribution is -2.66. The maximum Gasteiger partial charge on any atom is 0.331 e. The molecule has 6 rings (SSSR count).